The Morgan fingerprint density at radius 2 is 1.50 bits per heavy atom. The highest BCUT2D eigenvalue weighted by molar-refractivity contribution is 5.97. The topological polar surface area (TPSA) is 32.3 Å². The molecule has 26 heavy (non-hydrogen) atoms. The van der Waals surface area contributed by atoms with Gasteiger partial charge in [0.15, 0.2) is 0 Å². The van der Waals surface area contributed by atoms with E-state index in [1.54, 1.807) is 0 Å². The van der Waals surface area contributed by atoms with E-state index in [2.05, 4.69) is 50.3 Å². The third kappa shape index (κ3) is 3.83. The lowest BCUT2D eigenvalue weighted by molar-refractivity contribution is 0.0701. The minimum atomic E-state index is -0.145. The van der Waals surface area contributed by atoms with Gasteiger partial charge >= 0.3 is 0 Å². The zero-order valence-electron chi connectivity index (χ0n) is 17.0. The van der Waals surface area contributed by atoms with Gasteiger partial charge in [-0.15, -0.1) is 0 Å². The second-order valence-electron chi connectivity index (χ2n) is 7.29. The number of benzene rings is 2. The van der Waals surface area contributed by atoms with E-state index >= 15 is 0 Å². The molecule has 0 heterocycles. The first-order valence-corrected chi connectivity index (χ1v) is 9.46. The molecule has 0 aliphatic heterocycles. The summed E-state index contributed by atoms with van der Waals surface area (Å²) in [6, 6.07) is 16.2. The summed E-state index contributed by atoms with van der Waals surface area (Å²) in [5.74, 6) is 0.00239. The first-order valence-electron chi connectivity index (χ1n) is 9.46. The van der Waals surface area contributed by atoms with E-state index < -0.39 is 0 Å². The second kappa shape index (κ2) is 8.50. The van der Waals surface area contributed by atoms with Crippen molar-refractivity contribution >= 4 is 5.91 Å². The summed E-state index contributed by atoms with van der Waals surface area (Å²) < 4.78 is 0. The van der Waals surface area contributed by atoms with Gasteiger partial charge in [0.2, 0.25) is 0 Å². The van der Waals surface area contributed by atoms with Gasteiger partial charge in [-0.25, -0.2) is 0 Å². The van der Waals surface area contributed by atoms with Gasteiger partial charge in [0.25, 0.3) is 5.91 Å². The van der Waals surface area contributed by atoms with Crippen LogP contribution in [0.25, 0.3) is 0 Å². The molecular weight excluding hydrogens is 320 g/mol. The van der Waals surface area contributed by atoms with E-state index in [0.29, 0.717) is 0 Å². The average Bonchev–Trinajstić information content (AvgIpc) is 2.62. The number of likely N-dealkylation sites (N-methyl/N-ethyl adjacent to an activating group) is 1. The van der Waals surface area contributed by atoms with Gasteiger partial charge in [0, 0.05) is 11.1 Å². The summed E-state index contributed by atoms with van der Waals surface area (Å²) in [7, 11) is 4.21. The van der Waals surface area contributed by atoms with Crippen LogP contribution in [0.5, 0.6) is 0 Å². The minimum Gasteiger partial charge on any atom is -0.343 e. The van der Waals surface area contributed by atoms with Crippen LogP contribution in [0.4, 0.5) is 0 Å². The molecule has 1 atom stereocenters. The van der Waals surface area contributed by atoms with Crippen molar-refractivity contribution in [2.75, 3.05) is 14.1 Å². The molecule has 0 aliphatic carbocycles. The van der Waals surface area contributed by atoms with E-state index in [1.165, 1.54) is 0 Å². The monoisotopic (exact) mass is 352 g/mol. The molecule has 0 radical (unpaired) electrons. The Kier molecular flexibility index (Phi) is 6.60. The molecular formula is C23H32N2O. The molecule has 0 fully saturated rings. The predicted molar refractivity (Wildman–Crippen MR) is 110 cm³/mol. The SMILES string of the molecule is CCC(CC)(C(NC(=O)c1c(C)cccc1C)c1ccccc1)N(C)C. The standard InChI is InChI=1S/C23H32N2O/c1-7-23(8-2,25(5)6)21(19-15-10-9-11-16-19)24-22(26)20-17(3)13-12-14-18(20)4/h9-16,21H,7-8H2,1-6H3,(H,24,26). The minimum absolute atomic E-state index is 0.00239. The fourth-order valence-electron chi connectivity index (χ4n) is 4.10. The number of rotatable bonds is 7. The van der Waals surface area contributed by atoms with Crippen molar-refractivity contribution in [3.63, 3.8) is 0 Å². The average molecular weight is 353 g/mol. The van der Waals surface area contributed by atoms with E-state index in [0.717, 1.165) is 35.1 Å². The van der Waals surface area contributed by atoms with Gasteiger partial charge in [0.1, 0.15) is 0 Å². The summed E-state index contributed by atoms with van der Waals surface area (Å²) in [5.41, 5.74) is 3.81. The van der Waals surface area contributed by atoms with Crippen LogP contribution in [0.15, 0.2) is 48.5 Å². The van der Waals surface area contributed by atoms with Crippen LogP contribution >= 0.6 is 0 Å². The Balaban J connectivity index is 2.50. The number of nitrogens with one attached hydrogen (secondary N) is 1. The van der Waals surface area contributed by atoms with Crippen LogP contribution in [0, 0.1) is 13.8 Å². The first-order chi connectivity index (χ1) is 12.4. The van der Waals surface area contributed by atoms with Crippen LogP contribution in [0.3, 0.4) is 0 Å². The number of aryl methyl sites for hydroxylation is 2. The lowest BCUT2D eigenvalue weighted by Gasteiger charge is -2.45. The third-order valence-corrected chi connectivity index (χ3v) is 5.77. The maximum absolute atomic E-state index is 13.2. The fourth-order valence-corrected chi connectivity index (χ4v) is 4.10. The summed E-state index contributed by atoms with van der Waals surface area (Å²) in [6.45, 7) is 8.39. The predicted octanol–water partition coefficient (Wildman–Crippen LogP) is 4.89. The highest BCUT2D eigenvalue weighted by atomic mass is 16.1. The Bertz CT molecular complexity index is 713. The molecule has 0 saturated heterocycles. The molecule has 0 aromatic heterocycles. The van der Waals surface area contributed by atoms with Crippen LogP contribution in [0.1, 0.15) is 59.8 Å². The van der Waals surface area contributed by atoms with Crippen molar-refractivity contribution in [2.45, 2.75) is 52.1 Å². The molecule has 0 spiro atoms. The van der Waals surface area contributed by atoms with Crippen molar-refractivity contribution < 1.29 is 4.79 Å². The van der Waals surface area contributed by atoms with Crippen molar-refractivity contribution in [1.29, 1.82) is 0 Å². The molecule has 140 valence electrons. The van der Waals surface area contributed by atoms with Crippen LogP contribution < -0.4 is 5.32 Å². The summed E-state index contributed by atoms with van der Waals surface area (Å²) in [6.07, 6.45) is 1.90. The maximum atomic E-state index is 13.2. The van der Waals surface area contributed by atoms with Crippen molar-refractivity contribution in [2.24, 2.45) is 0 Å². The van der Waals surface area contributed by atoms with Gasteiger partial charge in [-0.1, -0.05) is 62.4 Å². The molecule has 3 heteroatoms. The molecule has 0 saturated carbocycles. The Hall–Kier alpha value is -2.13. The van der Waals surface area contributed by atoms with Gasteiger partial charge < -0.3 is 10.2 Å². The largest absolute Gasteiger partial charge is 0.343 e. The number of amides is 1. The van der Waals surface area contributed by atoms with Gasteiger partial charge in [-0.3, -0.25) is 4.79 Å². The summed E-state index contributed by atoms with van der Waals surface area (Å²) in [4.78, 5) is 15.5. The number of carbonyl (C=O) groups is 1. The molecule has 1 N–H and O–H groups in total. The normalized spacial score (nSPS) is 12.9. The zero-order valence-corrected chi connectivity index (χ0v) is 17.0. The van der Waals surface area contributed by atoms with Crippen molar-refractivity contribution in [3.8, 4) is 0 Å². The molecule has 2 aromatic rings. The van der Waals surface area contributed by atoms with E-state index in [9.17, 15) is 4.79 Å². The van der Waals surface area contributed by atoms with E-state index in [1.807, 2.05) is 50.2 Å². The van der Waals surface area contributed by atoms with Crippen LogP contribution in [-0.2, 0) is 0 Å². The first kappa shape index (κ1) is 20.2. The molecule has 1 amide bonds. The quantitative estimate of drug-likeness (QED) is 0.769. The van der Waals surface area contributed by atoms with Crippen LogP contribution in [-0.4, -0.2) is 30.4 Å². The number of hydrogen-bond acceptors (Lipinski definition) is 2. The fraction of sp³-hybridized carbons (Fsp3) is 0.435. The highest BCUT2D eigenvalue weighted by Crippen LogP contribution is 2.36. The molecule has 0 aliphatic rings. The molecule has 3 nitrogen and oxygen atoms in total. The summed E-state index contributed by atoms with van der Waals surface area (Å²) in [5, 5.41) is 3.37. The second-order valence-corrected chi connectivity index (χ2v) is 7.29. The van der Waals surface area contributed by atoms with E-state index in [4.69, 9.17) is 0 Å². The summed E-state index contributed by atoms with van der Waals surface area (Å²) >= 11 is 0. The van der Waals surface area contributed by atoms with E-state index in [-0.39, 0.29) is 17.5 Å². The smallest absolute Gasteiger partial charge is 0.252 e. The van der Waals surface area contributed by atoms with Gasteiger partial charge in [0.05, 0.1) is 6.04 Å². The van der Waals surface area contributed by atoms with Crippen molar-refractivity contribution in [1.82, 2.24) is 10.2 Å². The Morgan fingerprint density at radius 1 is 0.962 bits per heavy atom. The molecule has 2 rings (SSSR count). The zero-order chi connectivity index (χ0) is 19.3. The lowest BCUT2D eigenvalue weighted by Crippen LogP contribution is -2.54. The number of carbonyl (C=O) groups excluding carboxylic acids is 1. The Morgan fingerprint density at radius 3 is 1.96 bits per heavy atom. The molecule has 2 aromatic carbocycles. The maximum Gasteiger partial charge on any atom is 0.252 e. The van der Waals surface area contributed by atoms with Crippen molar-refractivity contribution in [3.05, 3.63) is 70.8 Å². The van der Waals surface area contributed by atoms with Crippen LogP contribution in [0.2, 0.25) is 0 Å². The third-order valence-electron chi connectivity index (χ3n) is 5.77. The number of hydrogen-bond donors (Lipinski definition) is 1. The van der Waals surface area contributed by atoms with Gasteiger partial charge in [-0.2, -0.15) is 0 Å². The Labute approximate surface area is 158 Å². The molecule has 1 unspecified atom stereocenters. The molecule has 0 bridgehead atoms. The highest BCUT2D eigenvalue weighted by Gasteiger charge is 2.40. The number of nitrogens with zero attached hydrogens (tertiary/aromatic N) is 1. The van der Waals surface area contributed by atoms with Gasteiger partial charge in [-0.05, 0) is 57.5 Å². The lowest BCUT2D eigenvalue weighted by atomic mass is 9.79.